The molecular weight excluding hydrogens is 202 g/mol. The summed E-state index contributed by atoms with van der Waals surface area (Å²) in [6.07, 6.45) is 7.68. The molecular formula is C13H27NO2. The van der Waals surface area contributed by atoms with Crippen LogP contribution in [0.4, 0.5) is 0 Å². The van der Waals surface area contributed by atoms with E-state index in [0.717, 1.165) is 25.8 Å². The van der Waals surface area contributed by atoms with Crippen molar-refractivity contribution in [3.63, 3.8) is 0 Å². The molecule has 3 atom stereocenters. The van der Waals surface area contributed by atoms with Gasteiger partial charge in [-0.15, -0.1) is 0 Å². The molecule has 0 aromatic carbocycles. The highest BCUT2D eigenvalue weighted by Crippen LogP contribution is 2.20. The van der Waals surface area contributed by atoms with Crippen LogP contribution in [-0.4, -0.2) is 37.5 Å². The number of hydrogen-bond acceptors (Lipinski definition) is 3. The molecule has 1 saturated carbocycles. The quantitative estimate of drug-likeness (QED) is 0.656. The molecule has 1 aliphatic rings. The van der Waals surface area contributed by atoms with E-state index in [-0.39, 0.29) is 0 Å². The topological polar surface area (TPSA) is 41.5 Å². The van der Waals surface area contributed by atoms with Crippen molar-refractivity contribution < 1.29 is 9.84 Å². The fourth-order valence-corrected chi connectivity index (χ4v) is 2.39. The molecule has 16 heavy (non-hydrogen) atoms. The maximum atomic E-state index is 8.91. The Morgan fingerprint density at radius 2 is 2.25 bits per heavy atom. The summed E-state index contributed by atoms with van der Waals surface area (Å²) in [5.41, 5.74) is 0. The minimum Gasteiger partial charge on any atom is -0.396 e. The van der Waals surface area contributed by atoms with Gasteiger partial charge in [-0.3, -0.25) is 0 Å². The van der Waals surface area contributed by atoms with Crippen molar-refractivity contribution in [2.75, 3.05) is 20.3 Å². The van der Waals surface area contributed by atoms with Crippen molar-refractivity contribution in [3.8, 4) is 0 Å². The van der Waals surface area contributed by atoms with Crippen LogP contribution in [-0.2, 0) is 4.74 Å². The molecule has 0 amide bonds. The zero-order valence-corrected chi connectivity index (χ0v) is 10.7. The van der Waals surface area contributed by atoms with Crippen LogP contribution in [0.15, 0.2) is 0 Å². The summed E-state index contributed by atoms with van der Waals surface area (Å²) in [5.74, 6) is 0.444. The largest absolute Gasteiger partial charge is 0.396 e. The molecule has 1 fully saturated rings. The zero-order valence-electron chi connectivity index (χ0n) is 10.7. The van der Waals surface area contributed by atoms with E-state index < -0.39 is 0 Å². The van der Waals surface area contributed by atoms with E-state index in [1.807, 2.05) is 7.11 Å². The number of methoxy groups -OCH3 is 1. The zero-order chi connectivity index (χ0) is 11.8. The lowest BCUT2D eigenvalue weighted by atomic mass is 9.92. The standard InChI is InChI=1S/C13H27NO2/c1-11(10-15)5-4-8-14-12-6-3-7-13(9-12)16-2/h11-15H,3-10H2,1-2H3. The average Bonchev–Trinajstić information content (AvgIpc) is 2.34. The number of nitrogens with one attached hydrogen (secondary N) is 1. The third-order valence-electron chi connectivity index (χ3n) is 3.58. The summed E-state index contributed by atoms with van der Waals surface area (Å²) >= 11 is 0. The van der Waals surface area contributed by atoms with Crippen LogP contribution in [0.5, 0.6) is 0 Å². The summed E-state index contributed by atoms with van der Waals surface area (Å²) in [7, 11) is 1.82. The first-order chi connectivity index (χ1) is 7.76. The lowest BCUT2D eigenvalue weighted by molar-refractivity contribution is 0.0588. The second-order valence-electron chi connectivity index (χ2n) is 5.11. The maximum Gasteiger partial charge on any atom is 0.0586 e. The molecule has 3 heteroatoms. The minimum absolute atomic E-state index is 0.315. The molecule has 0 aliphatic heterocycles. The number of rotatable bonds is 7. The van der Waals surface area contributed by atoms with Crippen LogP contribution in [0.1, 0.15) is 45.4 Å². The van der Waals surface area contributed by atoms with Gasteiger partial charge >= 0.3 is 0 Å². The molecule has 0 heterocycles. The highest BCUT2D eigenvalue weighted by Gasteiger charge is 2.20. The Morgan fingerprint density at radius 1 is 1.44 bits per heavy atom. The lowest BCUT2D eigenvalue weighted by Crippen LogP contribution is -2.37. The molecule has 0 aromatic heterocycles. The Labute approximate surface area is 99.6 Å². The summed E-state index contributed by atoms with van der Waals surface area (Å²) in [6, 6.07) is 0.642. The summed E-state index contributed by atoms with van der Waals surface area (Å²) in [6.45, 7) is 3.49. The van der Waals surface area contributed by atoms with Crippen LogP contribution in [0, 0.1) is 5.92 Å². The Balaban J connectivity index is 2.04. The fourth-order valence-electron chi connectivity index (χ4n) is 2.39. The van der Waals surface area contributed by atoms with Crippen LogP contribution in [0.3, 0.4) is 0 Å². The van der Waals surface area contributed by atoms with Crippen LogP contribution in [0.25, 0.3) is 0 Å². The van der Waals surface area contributed by atoms with Crippen LogP contribution < -0.4 is 5.32 Å². The Morgan fingerprint density at radius 3 is 2.94 bits per heavy atom. The number of aliphatic hydroxyl groups excluding tert-OH is 1. The number of ether oxygens (including phenoxy) is 1. The molecule has 0 radical (unpaired) electrons. The molecule has 96 valence electrons. The van der Waals surface area contributed by atoms with Gasteiger partial charge in [-0.2, -0.15) is 0 Å². The SMILES string of the molecule is COC1CCCC(NCCCC(C)CO)C1. The highest BCUT2D eigenvalue weighted by molar-refractivity contribution is 4.78. The van der Waals surface area contributed by atoms with E-state index in [0.29, 0.717) is 24.7 Å². The van der Waals surface area contributed by atoms with E-state index in [1.54, 1.807) is 0 Å². The highest BCUT2D eigenvalue weighted by atomic mass is 16.5. The monoisotopic (exact) mass is 229 g/mol. The Kier molecular flexibility index (Phi) is 7.01. The van der Waals surface area contributed by atoms with Crippen molar-refractivity contribution in [1.82, 2.24) is 5.32 Å². The molecule has 0 aromatic rings. The van der Waals surface area contributed by atoms with Gasteiger partial charge in [0.05, 0.1) is 6.10 Å². The third-order valence-corrected chi connectivity index (χ3v) is 3.58. The third kappa shape index (κ3) is 5.28. The van der Waals surface area contributed by atoms with E-state index in [9.17, 15) is 0 Å². The van der Waals surface area contributed by atoms with Gasteiger partial charge in [-0.05, 0) is 51.0 Å². The van der Waals surface area contributed by atoms with Gasteiger partial charge in [0.15, 0.2) is 0 Å². The molecule has 3 nitrogen and oxygen atoms in total. The van der Waals surface area contributed by atoms with Gasteiger partial charge in [0.25, 0.3) is 0 Å². The van der Waals surface area contributed by atoms with Crippen molar-refractivity contribution in [2.24, 2.45) is 5.92 Å². The predicted octanol–water partition coefficient (Wildman–Crippen LogP) is 1.94. The smallest absolute Gasteiger partial charge is 0.0586 e. The molecule has 0 bridgehead atoms. The first-order valence-corrected chi connectivity index (χ1v) is 6.63. The number of aliphatic hydroxyl groups is 1. The van der Waals surface area contributed by atoms with E-state index in [4.69, 9.17) is 9.84 Å². The van der Waals surface area contributed by atoms with Gasteiger partial charge in [0, 0.05) is 19.8 Å². The Hall–Kier alpha value is -0.120. The fraction of sp³-hybridized carbons (Fsp3) is 1.00. The summed E-state index contributed by atoms with van der Waals surface area (Å²) in [4.78, 5) is 0. The molecule has 2 N–H and O–H groups in total. The minimum atomic E-state index is 0.315. The van der Waals surface area contributed by atoms with Gasteiger partial charge < -0.3 is 15.2 Å². The van der Waals surface area contributed by atoms with Gasteiger partial charge in [0.2, 0.25) is 0 Å². The van der Waals surface area contributed by atoms with Crippen molar-refractivity contribution >= 4 is 0 Å². The molecule has 0 spiro atoms. The predicted molar refractivity (Wildman–Crippen MR) is 66.5 cm³/mol. The first kappa shape index (κ1) is 13.9. The first-order valence-electron chi connectivity index (χ1n) is 6.63. The summed E-state index contributed by atoms with van der Waals surface area (Å²) in [5, 5.41) is 12.5. The van der Waals surface area contributed by atoms with Gasteiger partial charge in [-0.1, -0.05) is 6.92 Å². The lowest BCUT2D eigenvalue weighted by Gasteiger charge is -2.29. The van der Waals surface area contributed by atoms with E-state index >= 15 is 0 Å². The molecule has 1 rings (SSSR count). The van der Waals surface area contributed by atoms with Crippen LogP contribution >= 0.6 is 0 Å². The normalized spacial score (nSPS) is 27.9. The van der Waals surface area contributed by atoms with Crippen LogP contribution in [0.2, 0.25) is 0 Å². The second-order valence-corrected chi connectivity index (χ2v) is 5.11. The van der Waals surface area contributed by atoms with Crippen molar-refractivity contribution in [2.45, 2.75) is 57.6 Å². The molecule has 3 unspecified atom stereocenters. The van der Waals surface area contributed by atoms with Crippen molar-refractivity contribution in [1.29, 1.82) is 0 Å². The van der Waals surface area contributed by atoms with E-state index in [2.05, 4.69) is 12.2 Å². The van der Waals surface area contributed by atoms with Gasteiger partial charge in [0.1, 0.15) is 0 Å². The molecule has 0 saturated heterocycles. The average molecular weight is 229 g/mol. The summed E-state index contributed by atoms with van der Waals surface area (Å²) < 4.78 is 5.41. The van der Waals surface area contributed by atoms with Gasteiger partial charge in [-0.25, -0.2) is 0 Å². The molecule has 1 aliphatic carbocycles. The Bertz CT molecular complexity index is 175. The van der Waals surface area contributed by atoms with E-state index in [1.165, 1.54) is 19.3 Å². The second kappa shape index (κ2) is 8.04. The maximum absolute atomic E-state index is 8.91. The number of hydrogen-bond donors (Lipinski definition) is 2. The van der Waals surface area contributed by atoms with Crippen molar-refractivity contribution in [3.05, 3.63) is 0 Å².